The molecule has 1 aromatic carbocycles. The maximum Gasteiger partial charge on any atom is 0.257 e. The molecule has 2 aromatic rings. The molecule has 1 N–H and O–H groups in total. The molecule has 2 aliphatic rings. The third kappa shape index (κ3) is 4.33. The van der Waals surface area contributed by atoms with Crippen LogP contribution >= 0.6 is 11.3 Å². The Morgan fingerprint density at radius 3 is 2.93 bits per heavy atom. The first-order chi connectivity index (χ1) is 14.7. The molecule has 4 rings (SSSR count). The molecule has 1 amide bonds. The Kier molecular flexibility index (Phi) is 6.32. The smallest absolute Gasteiger partial charge is 0.257 e. The first-order valence-corrected chi connectivity index (χ1v) is 11.0. The number of hydrogen-bond acceptors (Lipinski definition) is 7. The van der Waals surface area contributed by atoms with Gasteiger partial charge < -0.3 is 14.8 Å². The molecule has 1 aromatic heterocycles. The number of nitrogens with zero attached hydrogens (tertiary/aromatic N) is 3. The first-order valence-electron chi connectivity index (χ1n) is 10.2. The molecule has 1 atom stereocenters. The van der Waals surface area contributed by atoms with E-state index < -0.39 is 0 Å². The number of methoxy groups -OCH3 is 2. The number of rotatable bonds is 7. The number of carbonyl (C=O) groups excluding carboxylic acids is 1. The van der Waals surface area contributed by atoms with Gasteiger partial charge >= 0.3 is 0 Å². The Hall–Kier alpha value is -2.87. The molecule has 0 bridgehead atoms. The van der Waals surface area contributed by atoms with Gasteiger partial charge in [-0.15, -0.1) is 11.3 Å². The third-order valence-corrected chi connectivity index (χ3v) is 6.21. The molecule has 2 aliphatic heterocycles. The highest BCUT2D eigenvalue weighted by atomic mass is 32.1. The highest BCUT2D eigenvalue weighted by molar-refractivity contribution is 7.09. The van der Waals surface area contributed by atoms with Crippen LogP contribution in [0.5, 0.6) is 11.5 Å². The molecule has 8 heteroatoms. The fourth-order valence-corrected chi connectivity index (χ4v) is 4.43. The van der Waals surface area contributed by atoms with Crippen LogP contribution in [0.1, 0.15) is 24.3 Å². The fourth-order valence-electron chi connectivity index (χ4n) is 3.63. The highest BCUT2D eigenvalue weighted by Crippen LogP contribution is 2.32. The number of benzene rings is 1. The third-order valence-electron chi connectivity index (χ3n) is 5.30. The number of amides is 1. The quantitative estimate of drug-likeness (QED) is 0.734. The molecule has 0 fully saturated rings. The number of hydrazone groups is 1. The van der Waals surface area contributed by atoms with Gasteiger partial charge in [-0.3, -0.25) is 4.79 Å². The predicted octanol–water partition coefficient (Wildman–Crippen LogP) is 3.47. The molecule has 0 radical (unpaired) electrons. The predicted molar refractivity (Wildman–Crippen MR) is 118 cm³/mol. The summed E-state index contributed by atoms with van der Waals surface area (Å²) in [5, 5.41) is 12.3. The molecule has 30 heavy (non-hydrogen) atoms. The molecule has 0 spiro atoms. The summed E-state index contributed by atoms with van der Waals surface area (Å²) in [5.74, 6) is 1.12. The minimum Gasteiger partial charge on any atom is -0.493 e. The van der Waals surface area contributed by atoms with Crippen LogP contribution in [0.15, 0.2) is 40.5 Å². The molecule has 158 valence electrons. The van der Waals surface area contributed by atoms with Gasteiger partial charge in [0.05, 0.1) is 31.5 Å². The van der Waals surface area contributed by atoms with Gasteiger partial charge in [-0.05, 0) is 37.5 Å². The molecule has 7 nitrogen and oxygen atoms in total. The van der Waals surface area contributed by atoms with E-state index >= 15 is 0 Å². The van der Waals surface area contributed by atoms with Crippen LogP contribution in [0, 0.1) is 5.92 Å². The Labute approximate surface area is 180 Å². The van der Waals surface area contributed by atoms with Gasteiger partial charge in [-0.1, -0.05) is 6.08 Å². The first kappa shape index (κ1) is 20.4. The number of thiazole rings is 1. The zero-order valence-electron chi connectivity index (χ0n) is 17.3. The lowest BCUT2D eigenvalue weighted by molar-refractivity contribution is -0.130. The molecular weight excluding hydrogens is 400 g/mol. The van der Waals surface area contributed by atoms with E-state index in [2.05, 4.69) is 16.5 Å². The number of allylic oxidation sites excluding steroid dienone is 1. The number of carbonyl (C=O) groups is 1. The van der Waals surface area contributed by atoms with Gasteiger partial charge in [0.25, 0.3) is 5.91 Å². The van der Waals surface area contributed by atoms with Crippen LogP contribution in [0.25, 0.3) is 11.3 Å². The maximum atomic E-state index is 12.8. The van der Waals surface area contributed by atoms with Crippen molar-refractivity contribution < 1.29 is 14.3 Å². The normalized spacial score (nSPS) is 18.7. The van der Waals surface area contributed by atoms with Crippen molar-refractivity contribution in [2.75, 3.05) is 27.3 Å². The summed E-state index contributed by atoms with van der Waals surface area (Å²) < 4.78 is 10.7. The average Bonchev–Trinajstić information content (AvgIpc) is 3.29. The minimum absolute atomic E-state index is 0.0346. The molecule has 0 unspecified atom stereocenters. The van der Waals surface area contributed by atoms with Crippen LogP contribution in [-0.4, -0.2) is 49.4 Å². The zero-order valence-corrected chi connectivity index (χ0v) is 18.1. The average molecular weight is 427 g/mol. The van der Waals surface area contributed by atoms with Gasteiger partial charge in [0.15, 0.2) is 11.5 Å². The molecule has 0 aliphatic carbocycles. The summed E-state index contributed by atoms with van der Waals surface area (Å²) in [5.41, 5.74) is 2.85. The van der Waals surface area contributed by atoms with Gasteiger partial charge in [-0.25, -0.2) is 9.99 Å². The lowest BCUT2D eigenvalue weighted by Crippen LogP contribution is -2.32. The van der Waals surface area contributed by atoms with Crippen molar-refractivity contribution in [2.24, 2.45) is 11.0 Å². The van der Waals surface area contributed by atoms with Crippen molar-refractivity contribution in [3.05, 3.63) is 40.4 Å². The van der Waals surface area contributed by atoms with E-state index in [4.69, 9.17) is 14.5 Å². The molecule has 0 saturated carbocycles. The Bertz CT molecular complexity index is 969. The second kappa shape index (κ2) is 9.30. The van der Waals surface area contributed by atoms with E-state index in [-0.39, 0.29) is 11.8 Å². The molecule has 0 saturated heterocycles. The van der Waals surface area contributed by atoms with E-state index in [0.717, 1.165) is 47.8 Å². The summed E-state index contributed by atoms with van der Waals surface area (Å²) in [4.78, 5) is 17.5. The summed E-state index contributed by atoms with van der Waals surface area (Å²) >= 11 is 1.59. The summed E-state index contributed by atoms with van der Waals surface area (Å²) in [6, 6.07) is 5.76. The zero-order chi connectivity index (χ0) is 20.9. The lowest BCUT2D eigenvalue weighted by atomic mass is 10.1. The van der Waals surface area contributed by atoms with E-state index in [9.17, 15) is 4.79 Å². The van der Waals surface area contributed by atoms with Crippen molar-refractivity contribution in [3.63, 3.8) is 0 Å². The van der Waals surface area contributed by atoms with Gasteiger partial charge in [0, 0.05) is 35.8 Å². The summed E-state index contributed by atoms with van der Waals surface area (Å²) in [7, 11) is 3.24. The number of hydrogen-bond donors (Lipinski definition) is 1. The van der Waals surface area contributed by atoms with Crippen molar-refractivity contribution >= 4 is 23.5 Å². The fraction of sp³-hybridized carbons (Fsp3) is 0.409. The van der Waals surface area contributed by atoms with E-state index in [1.54, 1.807) is 36.8 Å². The standard InChI is InChI=1S/C22H26N4O3S/c1-28-19-8-7-15(12-20(19)29-2)18-14-30-21(25-18)9-11-26-22(27)16(13-24-26)17-6-4-3-5-10-23-17/h6-8,12-14,16,23H,3-5,9-11H2,1-2H3/t16-/m0/s1. The molecular formula is C22H26N4O3S. The monoisotopic (exact) mass is 426 g/mol. The highest BCUT2D eigenvalue weighted by Gasteiger charge is 2.31. The summed E-state index contributed by atoms with van der Waals surface area (Å²) in [6.07, 6.45) is 7.86. The van der Waals surface area contributed by atoms with Crippen molar-refractivity contribution in [3.8, 4) is 22.8 Å². The number of aromatic nitrogens is 1. The Morgan fingerprint density at radius 2 is 2.10 bits per heavy atom. The minimum atomic E-state index is -0.276. The lowest BCUT2D eigenvalue weighted by Gasteiger charge is -2.16. The van der Waals surface area contributed by atoms with Gasteiger partial charge in [-0.2, -0.15) is 5.10 Å². The van der Waals surface area contributed by atoms with Crippen LogP contribution in [0.2, 0.25) is 0 Å². The van der Waals surface area contributed by atoms with Crippen molar-refractivity contribution in [2.45, 2.75) is 25.7 Å². The topological polar surface area (TPSA) is 76.0 Å². The van der Waals surface area contributed by atoms with Crippen molar-refractivity contribution in [1.82, 2.24) is 15.3 Å². The summed E-state index contributed by atoms with van der Waals surface area (Å²) in [6.45, 7) is 1.44. The number of nitrogens with one attached hydrogen (secondary N) is 1. The van der Waals surface area contributed by atoms with E-state index in [1.165, 1.54) is 0 Å². The van der Waals surface area contributed by atoms with Crippen LogP contribution in [0.4, 0.5) is 0 Å². The van der Waals surface area contributed by atoms with Gasteiger partial charge in [0.1, 0.15) is 5.92 Å². The Balaban J connectivity index is 1.38. The Morgan fingerprint density at radius 1 is 1.23 bits per heavy atom. The van der Waals surface area contributed by atoms with E-state index in [0.29, 0.717) is 24.5 Å². The SMILES string of the molecule is COc1ccc(-c2csc(CCN3N=C[C@@H](C4=CCCCCN4)C3=O)n2)cc1OC. The second-order valence-corrected chi connectivity index (χ2v) is 8.17. The van der Waals surface area contributed by atoms with Crippen LogP contribution < -0.4 is 14.8 Å². The van der Waals surface area contributed by atoms with E-state index in [1.807, 2.05) is 23.6 Å². The largest absolute Gasteiger partial charge is 0.493 e. The van der Waals surface area contributed by atoms with Gasteiger partial charge in [0.2, 0.25) is 0 Å². The molecule has 3 heterocycles. The van der Waals surface area contributed by atoms with Crippen molar-refractivity contribution in [1.29, 1.82) is 0 Å². The second-order valence-electron chi connectivity index (χ2n) is 7.23. The number of ether oxygens (including phenoxy) is 2. The maximum absolute atomic E-state index is 12.8. The van der Waals surface area contributed by atoms with Crippen LogP contribution in [0.3, 0.4) is 0 Å². The van der Waals surface area contributed by atoms with Crippen LogP contribution in [-0.2, 0) is 11.2 Å².